The first kappa shape index (κ1) is 13.5. The van der Waals surface area contributed by atoms with Gasteiger partial charge in [-0.15, -0.1) is 0 Å². The fraction of sp³-hybridized carbons (Fsp3) is 0.538. The van der Waals surface area contributed by atoms with Gasteiger partial charge in [0, 0.05) is 12.4 Å². The summed E-state index contributed by atoms with van der Waals surface area (Å²) in [6.07, 6.45) is 8.61. The van der Waals surface area contributed by atoms with Gasteiger partial charge in [-0.3, -0.25) is 4.98 Å². The van der Waals surface area contributed by atoms with Gasteiger partial charge < -0.3 is 9.84 Å². The number of hydrogen-bond acceptors (Lipinski definition) is 3. The SMILES string of the molecule is CCCCCCCOc1ccncc1C(=O)O. The smallest absolute Gasteiger partial charge is 0.341 e. The number of carbonyl (C=O) groups is 1. The molecule has 4 heteroatoms. The van der Waals surface area contributed by atoms with Gasteiger partial charge in [0.25, 0.3) is 0 Å². The number of carboxylic acids is 1. The number of ether oxygens (including phenoxy) is 1. The van der Waals surface area contributed by atoms with Gasteiger partial charge in [0.05, 0.1) is 6.61 Å². The summed E-state index contributed by atoms with van der Waals surface area (Å²) in [5, 5.41) is 8.92. The molecule has 4 nitrogen and oxygen atoms in total. The molecule has 94 valence electrons. The molecule has 0 spiro atoms. The maximum atomic E-state index is 10.9. The third-order valence-electron chi connectivity index (χ3n) is 2.52. The molecular weight excluding hydrogens is 218 g/mol. The molecule has 1 rings (SSSR count). The highest BCUT2D eigenvalue weighted by Crippen LogP contribution is 2.17. The van der Waals surface area contributed by atoms with Crippen LogP contribution in [0.5, 0.6) is 5.75 Å². The first-order valence-corrected chi connectivity index (χ1v) is 6.05. The van der Waals surface area contributed by atoms with E-state index >= 15 is 0 Å². The van der Waals surface area contributed by atoms with Gasteiger partial charge in [-0.1, -0.05) is 32.6 Å². The second-order valence-electron chi connectivity index (χ2n) is 3.94. The lowest BCUT2D eigenvalue weighted by Crippen LogP contribution is -2.04. The number of aromatic carboxylic acids is 1. The van der Waals surface area contributed by atoms with E-state index in [4.69, 9.17) is 9.84 Å². The summed E-state index contributed by atoms with van der Waals surface area (Å²) in [5.41, 5.74) is 0.126. The van der Waals surface area contributed by atoms with Gasteiger partial charge >= 0.3 is 5.97 Å². The zero-order chi connectivity index (χ0) is 12.5. The normalized spacial score (nSPS) is 10.2. The van der Waals surface area contributed by atoms with Crippen molar-refractivity contribution in [2.24, 2.45) is 0 Å². The van der Waals surface area contributed by atoms with E-state index in [-0.39, 0.29) is 5.56 Å². The highest BCUT2D eigenvalue weighted by Gasteiger charge is 2.10. The summed E-state index contributed by atoms with van der Waals surface area (Å²) in [5.74, 6) is -0.595. The summed E-state index contributed by atoms with van der Waals surface area (Å²) >= 11 is 0. The summed E-state index contributed by atoms with van der Waals surface area (Å²) < 4.78 is 5.46. The van der Waals surface area contributed by atoms with Gasteiger partial charge in [-0.2, -0.15) is 0 Å². The largest absolute Gasteiger partial charge is 0.493 e. The number of pyridine rings is 1. The Balaban J connectivity index is 2.34. The second-order valence-corrected chi connectivity index (χ2v) is 3.94. The molecular formula is C13H19NO3. The molecule has 1 heterocycles. The number of rotatable bonds is 8. The molecule has 1 aromatic rings. The van der Waals surface area contributed by atoms with Crippen molar-refractivity contribution in [3.05, 3.63) is 24.0 Å². The van der Waals surface area contributed by atoms with Crippen molar-refractivity contribution in [2.45, 2.75) is 39.0 Å². The average Bonchev–Trinajstić information content (AvgIpc) is 2.34. The number of aromatic nitrogens is 1. The molecule has 0 saturated heterocycles. The summed E-state index contributed by atoms with van der Waals surface area (Å²) in [4.78, 5) is 14.7. The second kappa shape index (κ2) is 7.65. The highest BCUT2D eigenvalue weighted by atomic mass is 16.5. The Kier molecular flexibility index (Phi) is 6.07. The fourth-order valence-electron chi connectivity index (χ4n) is 1.56. The van der Waals surface area contributed by atoms with Crippen LogP contribution in [0.2, 0.25) is 0 Å². The Bertz CT molecular complexity index is 352. The monoisotopic (exact) mass is 237 g/mol. The van der Waals surface area contributed by atoms with Crippen LogP contribution in [0.1, 0.15) is 49.4 Å². The third kappa shape index (κ3) is 4.85. The molecule has 0 bridgehead atoms. The maximum Gasteiger partial charge on any atom is 0.341 e. The Hall–Kier alpha value is -1.58. The predicted octanol–water partition coefficient (Wildman–Crippen LogP) is 3.13. The third-order valence-corrected chi connectivity index (χ3v) is 2.52. The van der Waals surface area contributed by atoms with Gasteiger partial charge in [0.15, 0.2) is 0 Å². The van der Waals surface area contributed by atoms with E-state index < -0.39 is 5.97 Å². The lowest BCUT2D eigenvalue weighted by atomic mass is 10.2. The quantitative estimate of drug-likeness (QED) is 0.706. The minimum atomic E-state index is -1.00. The molecule has 0 radical (unpaired) electrons. The van der Waals surface area contributed by atoms with E-state index in [0.717, 1.165) is 12.8 Å². The number of carboxylic acid groups (broad SMARTS) is 1. The molecule has 0 saturated carbocycles. The molecule has 0 atom stereocenters. The molecule has 0 aliphatic rings. The van der Waals surface area contributed by atoms with Crippen molar-refractivity contribution in [1.82, 2.24) is 4.98 Å². The van der Waals surface area contributed by atoms with Crippen molar-refractivity contribution in [3.8, 4) is 5.75 Å². The average molecular weight is 237 g/mol. The maximum absolute atomic E-state index is 10.9. The van der Waals surface area contributed by atoms with E-state index in [1.165, 1.54) is 25.5 Å². The van der Waals surface area contributed by atoms with Crippen molar-refractivity contribution in [3.63, 3.8) is 0 Å². The molecule has 0 aliphatic carbocycles. The molecule has 0 amide bonds. The van der Waals surface area contributed by atoms with Gasteiger partial charge in [-0.05, 0) is 12.5 Å². The molecule has 0 aliphatic heterocycles. The van der Waals surface area contributed by atoms with Crippen molar-refractivity contribution >= 4 is 5.97 Å². The first-order chi connectivity index (χ1) is 8.25. The van der Waals surface area contributed by atoms with Crippen LogP contribution in [0.25, 0.3) is 0 Å². The molecule has 1 N–H and O–H groups in total. The van der Waals surface area contributed by atoms with Crippen LogP contribution in [-0.4, -0.2) is 22.7 Å². The minimum Gasteiger partial charge on any atom is -0.493 e. The standard InChI is InChI=1S/C13H19NO3/c1-2-3-4-5-6-9-17-12-7-8-14-10-11(12)13(15)16/h7-8,10H,2-6,9H2,1H3,(H,15,16). The Morgan fingerprint density at radius 2 is 2.12 bits per heavy atom. The lowest BCUT2D eigenvalue weighted by Gasteiger charge is -2.08. The molecule has 0 aromatic carbocycles. The Morgan fingerprint density at radius 1 is 1.35 bits per heavy atom. The zero-order valence-electron chi connectivity index (χ0n) is 10.2. The predicted molar refractivity (Wildman–Crippen MR) is 65.5 cm³/mol. The Morgan fingerprint density at radius 3 is 2.82 bits per heavy atom. The van der Waals surface area contributed by atoms with E-state index in [2.05, 4.69) is 11.9 Å². The highest BCUT2D eigenvalue weighted by molar-refractivity contribution is 5.90. The number of unbranched alkanes of at least 4 members (excludes halogenated alkanes) is 4. The Labute approximate surface area is 102 Å². The van der Waals surface area contributed by atoms with Crippen molar-refractivity contribution in [2.75, 3.05) is 6.61 Å². The lowest BCUT2D eigenvalue weighted by molar-refractivity contribution is 0.0691. The summed E-state index contributed by atoms with van der Waals surface area (Å²) in [6, 6.07) is 1.59. The van der Waals surface area contributed by atoms with E-state index in [1.54, 1.807) is 12.3 Å². The van der Waals surface area contributed by atoms with Crippen molar-refractivity contribution < 1.29 is 14.6 Å². The summed E-state index contributed by atoms with van der Waals surface area (Å²) in [6.45, 7) is 2.74. The van der Waals surface area contributed by atoms with E-state index in [1.807, 2.05) is 0 Å². The van der Waals surface area contributed by atoms with Crippen molar-refractivity contribution in [1.29, 1.82) is 0 Å². The van der Waals surface area contributed by atoms with Gasteiger partial charge in [0.1, 0.15) is 11.3 Å². The van der Waals surface area contributed by atoms with Gasteiger partial charge in [-0.25, -0.2) is 4.79 Å². The number of hydrogen-bond donors (Lipinski definition) is 1. The fourth-order valence-corrected chi connectivity index (χ4v) is 1.56. The van der Waals surface area contributed by atoms with Crippen LogP contribution >= 0.6 is 0 Å². The minimum absolute atomic E-state index is 0.126. The zero-order valence-corrected chi connectivity index (χ0v) is 10.2. The summed E-state index contributed by atoms with van der Waals surface area (Å²) in [7, 11) is 0. The van der Waals surface area contributed by atoms with Crippen LogP contribution in [-0.2, 0) is 0 Å². The topological polar surface area (TPSA) is 59.4 Å². The van der Waals surface area contributed by atoms with E-state index in [0.29, 0.717) is 12.4 Å². The molecule has 17 heavy (non-hydrogen) atoms. The van der Waals surface area contributed by atoms with Crippen LogP contribution in [0.3, 0.4) is 0 Å². The molecule has 0 unspecified atom stereocenters. The molecule has 1 aromatic heterocycles. The number of nitrogens with zero attached hydrogens (tertiary/aromatic N) is 1. The molecule has 0 fully saturated rings. The van der Waals surface area contributed by atoms with Crippen LogP contribution < -0.4 is 4.74 Å². The van der Waals surface area contributed by atoms with E-state index in [9.17, 15) is 4.79 Å². The first-order valence-electron chi connectivity index (χ1n) is 6.05. The van der Waals surface area contributed by atoms with Gasteiger partial charge in [0.2, 0.25) is 0 Å². The van der Waals surface area contributed by atoms with Crippen LogP contribution in [0.4, 0.5) is 0 Å². The van der Waals surface area contributed by atoms with Crippen LogP contribution in [0, 0.1) is 0 Å². The van der Waals surface area contributed by atoms with Crippen LogP contribution in [0.15, 0.2) is 18.5 Å².